The van der Waals surface area contributed by atoms with Crippen LogP contribution >= 0.6 is 11.8 Å². The molecule has 0 saturated heterocycles. The van der Waals surface area contributed by atoms with Gasteiger partial charge in [-0.05, 0) is 36.6 Å². The summed E-state index contributed by atoms with van der Waals surface area (Å²) in [5.74, 6) is 3.97. The Bertz CT molecular complexity index is 1470. The largest absolute Gasteiger partial charge is 0.493 e. The second-order valence-electron chi connectivity index (χ2n) is 8.63. The van der Waals surface area contributed by atoms with Gasteiger partial charge in [-0.3, -0.25) is 9.36 Å². The Balaban J connectivity index is 1.43. The summed E-state index contributed by atoms with van der Waals surface area (Å²) in [5.41, 5.74) is 1.18. The van der Waals surface area contributed by atoms with Gasteiger partial charge in [0.2, 0.25) is 18.5 Å². The maximum absolute atomic E-state index is 13.4. The van der Waals surface area contributed by atoms with Crippen molar-refractivity contribution in [2.24, 2.45) is 5.92 Å². The number of nitrogens with zero attached hydrogens (tertiary/aromatic N) is 4. The highest BCUT2D eigenvalue weighted by molar-refractivity contribution is 7.98. The van der Waals surface area contributed by atoms with Crippen LogP contribution in [0.15, 0.2) is 44.8 Å². The molecule has 188 valence electrons. The summed E-state index contributed by atoms with van der Waals surface area (Å²) in [6.45, 7) is 4.93. The molecule has 5 rings (SSSR count). The predicted molar refractivity (Wildman–Crippen MR) is 134 cm³/mol. The molecule has 4 aromatic rings. The summed E-state index contributed by atoms with van der Waals surface area (Å²) in [5, 5.41) is 5.19. The molecule has 10 nitrogen and oxygen atoms in total. The van der Waals surface area contributed by atoms with Crippen LogP contribution in [0.25, 0.3) is 22.3 Å². The van der Waals surface area contributed by atoms with Gasteiger partial charge in [0.05, 0.1) is 30.9 Å². The van der Waals surface area contributed by atoms with Crippen LogP contribution in [-0.2, 0) is 12.3 Å². The lowest BCUT2D eigenvalue weighted by Crippen LogP contribution is -2.24. The lowest BCUT2D eigenvalue weighted by atomic mass is 10.1. The molecule has 3 heterocycles. The van der Waals surface area contributed by atoms with Gasteiger partial charge < -0.3 is 23.5 Å². The van der Waals surface area contributed by atoms with E-state index in [0.29, 0.717) is 69.0 Å². The monoisotopic (exact) mass is 510 g/mol. The van der Waals surface area contributed by atoms with E-state index in [1.165, 1.54) is 11.8 Å². The predicted octanol–water partition coefficient (Wildman–Crippen LogP) is 4.53. The molecule has 0 aliphatic carbocycles. The van der Waals surface area contributed by atoms with Gasteiger partial charge in [-0.1, -0.05) is 30.8 Å². The Morgan fingerprint density at radius 3 is 2.58 bits per heavy atom. The number of ether oxygens (including phenoxy) is 4. The van der Waals surface area contributed by atoms with Gasteiger partial charge in [-0.2, -0.15) is 4.98 Å². The minimum absolute atomic E-state index is 0.113. The standard InChI is InChI=1S/C25H26N4O6S/c1-14(2)7-8-29-24(30)16-10-20-21(34-13-33-20)11-17(16)26-25(29)36-12-22-27-23(28-35-22)15-5-6-18(31-3)19(9-15)32-4/h5-6,9-11,14H,7-8,12-13H2,1-4H3. The smallest absolute Gasteiger partial charge is 0.262 e. The lowest BCUT2D eigenvalue weighted by molar-refractivity contribution is 0.174. The molecular weight excluding hydrogens is 484 g/mol. The van der Waals surface area contributed by atoms with Crippen molar-refractivity contribution in [3.8, 4) is 34.4 Å². The number of rotatable bonds is 9. The van der Waals surface area contributed by atoms with Crippen molar-refractivity contribution >= 4 is 22.7 Å². The lowest BCUT2D eigenvalue weighted by Gasteiger charge is -2.14. The Kier molecular flexibility index (Phi) is 6.73. The number of fused-ring (bicyclic) bond motifs is 2. The van der Waals surface area contributed by atoms with Gasteiger partial charge in [0.25, 0.3) is 5.56 Å². The quantitative estimate of drug-likeness (QED) is 0.235. The average Bonchev–Trinajstić information content (AvgIpc) is 3.54. The van der Waals surface area contributed by atoms with Crippen molar-refractivity contribution in [1.29, 1.82) is 0 Å². The van der Waals surface area contributed by atoms with Crippen LogP contribution in [0.3, 0.4) is 0 Å². The van der Waals surface area contributed by atoms with E-state index < -0.39 is 0 Å². The summed E-state index contributed by atoms with van der Waals surface area (Å²) in [6, 6.07) is 8.87. The molecule has 1 aliphatic rings. The van der Waals surface area contributed by atoms with E-state index >= 15 is 0 Å². The van der Waals surface area contributed by atoms with Crippen molar-refractivity contribution < 1.29 is 23.5 Å². The van der Waals surface area contributed by atoms with Crippen molar-refractivity contribution in [3.05, 3.63) is 46.6 Å². The molecule has 0 atom stereocenters. The molecule has 0 fully saturated rings. The average molecular weight is 511 g/mol. The SMILES string of the molecule is COc1ccc(-c2noc(CSc3nc4cc5c(cc4c(=O)n3CCC(C)C)OCO5)n2)cc1OC. The number of methoxy groups -OCH3 is 2. The molecule has 0 amide bonds. The first-order valence-corrected chi connectivity index (χ1v) is 12.5. The summed E-state index contributed by atoms with van der Waals surface area (Å²) < 4.78 is 28.8. The van der Waals surface area contributed by atoms with E-state index in [0.717, 1.165) is 12.0 Å². The highest BCUT2D eigenvalue weighted by Gasteiger charge is 2.20. The van der Waals surface area contributed by atoms with Crippen LogP contribution in [0.5, 0.6) is 23.0 Å². The number of hydrogen-bond donors (Lipinski definition) is 0. The maximum atomic E-state index is 13.4. The van der Waals surface area contributed by atoms with Gasteiger partial charge in [0.1, 0.15) is 0 Å². The van der Waals surface area contributed by atoms with Crippen LogP contribution in [0.1, 0.15) is 26.2 Å². The molecule has 0 N–H and O–H groups in total. The van der Waals surface area contributed by atoms with Gasteiger partial charge in [0, 0.05) is 18.2 Å². The number of thioether (sulfide) groups is 1. The molecule has 1 aliphatic heterocycles. The Hall–Kier alpha value is -3.73. The Labute approximate surface area is 211 Å². The second-order valence-corrected chi connectivity index (χ2v) is 9.57. The van der Waals surface area contributed by atoms with E-state index in [2.05, 4.69) is 24.0 Å². The molecule has 0 saturated carbocycles. The van der Waals surface area contributed by atoms with E-state index in [-0.39, 0.29) is 12.4 Å². The van der Waals surface area contributed by atoms with Crippen molar-refractivity contribution in [2.45, 2.75) is 37.7 Å². The normalized spacial score (nSPS) is 12.5. The zero-order valence-electron chi connectivity index (χ0n) is 20.4. The molecule has 11 heteroatoms. The number of aromatic nitrogens is 4. The zero-order valence-corrected chi connectivity index (χ0v) is 21.3. The fourth-order valence-corrected chi connectivity index (χ4v) is 4.68. The molecule has 0 radical (unpaired) electrons. The third kappa shape index (κ3) is 4.70. The van der Waals surface area contributed by atoms with Gasteiger partial charge >= 0.3 is 0 Å². The fraction of sp³-hybridized carbons (Fsp3) is 0.360. The minimum atomic E-state index is -0.113. The minimum Gasteiger partial charge on any atom is -0.493 e. The van der Waals surface area contributed by atoms with Gasteiger partial charge in [-0.15, -0.1) is 0 Å². The molecule has 2 aromatic heterocycles. The van der Waals surface area contributed by atoms with Gasteiger partial charge in [0.15, 0.2) is 28.2 Å². The zero-order chi connectivity index (χ0) is 25.2. The van der Waals surface area contributed by atoms with Crippen molar-refractivity contribution in [3.63, 3.8) is 0 Å². The summed E-state index contributed by atoms with van der Waals surface area (Å²) in [4.78, 5) is 22.7. The topological polar surface area (TPSA) is 111 Å². The Morgan fingerprint density at radius 2 is 1.83 bits per heavy atom. The van der Waals surface area contributed by atoms with Gasteiger partial charge in [-0.25, -0.2) is 4.98 Å². The first-order valence-electron chi connectivity index (χ1n) is 11.5. The summed E-state index contributed by atoms with van der Waals surface area (Å²) >= 11 is 1.38. The van der Waals surface area contributed by atoms with Crippen LogP contribution in [0, 0.1) is 5.92 Å². The Morgan fingerprint density at radius 1 is 1.06 bits per heavy atom. The first kappa shape index (κ1) is 24.0. The van der Waals surface area contributed by atoms with E-state index in [1.807, 2.05) is 6.07 Å². The van der Waals surface area contributed by atoms with Crippen LogP contribution < -0.4 is 24.5 Å². The third-order valence-electron chi connectivity index (χ3n) is 5.78. The van der Waals surface area contributed by atoms with Crippen LogP contribution in [0.4, 0.5) is 0 Å². The highest BCUT2D eigenvalue weighted by atomic mass is 32.2. The summed E-state index contributed by atoms with van der Waals surface area (Å²) in [6.07, 6.45) is 0.842. The van der Waals surface area contributed by atoms with Crippen molar-refractivity contribution in [2.75, 3.05) is 21.0 Å². The maximum Gasteiger partial charge on any atom is 0.262 e. The second kappa shape index (κ2) is 10.1. The fourth-order valence-electron chi connectivity index (χ4n) is 3.82. The number of benzene rings is 2. The molecule has 36 heavy (non-hydrogen) atoms. The highest BCUT2D eigenvalue weighted by Crippen LogP contribution is 2.35. The molecule has 0 unspecified atom stereocenters. The molecule has 2 aromatic carbocycles. The summed E-state index contributed by atoms with van der Waals surface area (Å²) in [7, 11) is 3.15. The van der Waals surface area contributed by atoms with Crippen LogP contribution in [-0.4, -0.2) is 40.7 Å². The molecule has 0 spiro atoms. The molecular formula is C25H26N4O6S. The first-order chi connectivity index (χ1) is 17.5. The third-order valence-corrected chi connectivity index (χ3v) is 6.74. The van der Waals surface area contributed by atoms with Crippen LogP contribution in [0.2, 0.25) is 0 Å². The molecule has 0 bridgehead atoms. The van der Waals surface area contributed by atoms with E-state index in [1.54, 1.807) is 43.1 Å². The van der Waals surface area contributed by atoms with E-state index in [4.69, 9.17) is 28.5 Å². The van der Waals surface area contributed by atoms with E-state index in [9.17, 15) is 4.79 Å². The van der Waals surface area contributed by atoms with Crippen molar-refractivity contribution in [1.82, 2.24) is 19.7 Å². The number of hydrogen-bond acceptors (Lipinski definition) is 10.